The Kier molecular flexibility index (Phi) is 8.82. The lowest BCUT2D eigenvalue weighted by atomic mass is 9.97. The molecule has 0 radical (unpaired) electrons. The second-order valence-electron chi connectivity index (χ2n) is 6.62. The minimum atomic E-state index is -0.855. The lowest BCUT2D eigenvalue weighted by molar-refractivity contribution is -0.136. The van der Waals surface area contributed by atoms with E-state index in [4.69, 9.17) is 5.11 Å². The molecule has 7 nitrogen and oxygen atoms in total. The number of nitrogens with zero attached hydrogens (tertiary/aromatic N) is 4. The molecule has 0 saturated carbocycles. The molecule has 0 aliphatic carbocycles. The zero-order valence-corrected chi connectivity index (χ0v) is 17.7. The topological polar surface area (TPSA) is 113 Å². The molecule has 1 aromatic carbocycles. The van der Waals surface area contributed by atoms with Crippen LogP contribution in [0.4, 0.5) is 5.69 Å². The molecule has 0 aliphatic heterocycles. The monoisotopic (exact) mass is 415 g/mol. The van der Waals surface area contributed by atoms with E-state index < -0.39 is 5.97 Å². The molecule has 1 heterocycles. The standard InChI is InChI=1S/C24H25N5O2/c1-3-29(4-2)24(20(15-25)16-26)28-21-10-5-8-18(14-21)22(11-6-12-23(30)31)19-9-7-13-27-17-19/h5,7-11,13-14,17,28H,3-4,6,12H2,1-2H3,(H,30,31)/b22-11+. The third-order valence-corrected chi connectivity index (χ3v) is 4.66. The average Bonchev–Trinajstić information content (AvgIpc) is 2.79. The van der Waals surface area contributed by atoms with Crippen LogP contribution in [0.25, 0.3) is 5.57 Å². The smallest absolute Gasteiger partial charge is 0.303 e. The summed E-state index contributed by atoms with van der Waals surface area (Å²) in [5.41, 5.74) is 3.35. The van der Waals surface area contributed by atoms with Crippen LogP contribution in [-0.2, 0) is 4.79 Å². The number of nitriles is 2. The van der Waals surface area contributed by atoms with Crippen molar-refractivity contribution in [3.05, 3.63) is 77.4 Å². The highest BCUT2D eigenvalue weighted by Gasteiger charge is 2.14. The lowest BCUT2D eigenvalue weighted by Gasteiger charge is -2.25. The molecule has 7 heteroatoms. The summed E-state index contributed by atoms with van der Waals surface area (Å²) < 4.78 is 0. The molecule has 2 N–H and O–H groups in total. The zero-order valence-electron chi connectivity index (χ0n) is 17.7. The highest BCUT2D eigenvalue weighted by Crippen LogP contribution is 2.27. The van der Waals surface area contributed by atoms with Crippen molar-refractivity contribution in [2.75, 3.05) is 18.4 Å². The molecule has 0 unspecified atom stereocenters. The van der Waals surface area contributed by atoms with Gasteiger partial charge in [-0.25, -0.2) is 0 Å². The molecule has 0 amide bonds. The van der Waals surface area contributed by atoms with Crippen molar-refractivity contribution in [1.82, 2.24) is 9.88 Å². The van der Waals surface area contributed by atoms with Gasteiger partial charge in [0.15, 0.2) is 5.57 Å². The Labute approximate surface area is 182 Å². The third kappa shape index (κ3) is 6.45. The van der Waals surface area contributed by atoms with Crippen LogP contribution < -0.4 is 5.32 Å². The van der Waals surface area contributed by atoms with Gasteiger partial charge in [-0.3, -0.25) is 9.78 Å². The van der Waals surface area contributed by atoms with Crippen LogP contribution in [0.5, 0.6) is 0 Å². The second-order valence-corrected chi connectivity index (χ2v) is 6.62. The van der Waals surface area contributed by atoms with Crippen molar-refractivity contribution >= 4 is 17.2 Å². The predicted octanol–water partition coefficient (Wildman–Crippen LogP) is 4.39. The number of hydrogen-bond donors (Lipinski definition) is 2. The molecular formula is C24H25N5O2. The molecule has 0 bridgehead atoms. The molecule has 158 valence electrons. The minimum absolute atomic E-state index is 0.0126. The maximum atomic E-state index is 11.0. The summed E-state index contributed by atoms with van der Waals surface area (Å²) in [5.74, 6) is -0.392. The molecular weight excluding hydrogens is 390 g/mol. The highest BCUT2D eigenvalue weighted by atomic mass is 16.4. The fourth-order valence-corrected chi connectivity index (χ4v) is 3.14. The fourth-order valence-electron chi connectivity index (χ4n) is 3.14. The van der Waals surface area contributed by atoms with Crippen LogP contribution in [-0.4, -0.2) is 34.0 Å². The Balaban J connectivity index is 2.47. The quantitative estimate of drug-likeness (QED) is 0.553. The van der Waals surface area contributed by atoms with Crippen molar-refractivity contribution in [2.45, 2.75) is 26.7 Å². The van der Waals surface area contributed by atoms with E-state index in [0.717, 1.165) is 22.4 Å². The van der Waals surface area contributed by atoms with Gasteiger partial charge in [0.1, 0.15) is 18.0 Å². The molecule has 0 saturated heterocycles. The number of aliphatic carboxylic acids is 1. The van der Waals surface area contributed by atoms with Crippen molar-refractivity contribution in [3.63, 3.8) is 0 Å². The summed E-state index contributed by atoms with van der Waals surface area (Å²) in [7, 11) is 0. The van der Waals surface area contributed by atoms with E-state index in [0.29, 0.717) is 25.3 Å². The number of benzene rings is 1. The van der Waals surface area contributed by atoms with Crippen molar-refractivity contribution in [1.29, 1.82) is 10.5 Å². The predicted molar refractivity (Wildman–Crippen MR) is 119 cm³/mol. The number of hydrogen-bond acceptors (Lipinski definition) is 6. The molecule has 2 aromatic rings. The number of nitrogens with one attached hydrogen (secondary N) is 1. The van der Waals surface area contributed by atoms with Gasteiger partial charge >= 0.3 is 5.97 Å². The summed E-state index contributed by atoms with van der Waals surface area (Å²) in [6, 6.07) is 15.2. The van der Waals surface area contributed by atoms with Gasteiger partial charge in [-0.2, -0.15) is 10.5 Å². The largest absolute Gasteiger partial charge is 0.481 e. The van der Waals surface area contributed by atoms with Gasteiger partial charge in [0, 0.05) is 43.2 Å². The first kappa shape index (κ1) is 23.2. The SMILES string of the molecule is CCN(CC)C(Nc1cccc(/C(=C\CCC(=O)O)c2cccnc2)c1)=C(C#N)C#N. The van der Waals surface area contributed by atoms with Crippen molar-refractivity contribution < 1.29 is 9.90 Å². The Hall–Kier alpha value is -4.10. The van der Waals surface area contributed by atoms with Crippen molar-refractivity contribution in [3.8, 4) is 12.1 Å². The first-order valence-electron chi connectivity index (χ1n) is 10.0. The van der Waals surface area contributed by atoms with Gasteiger partial charge in [-0.15, -0.1) is 0 Å². The summed E-state index contributed by atoms with van der Waals surface area (Å²) in [4.78, 5) is 17.0. The van der Waals surface area contributed by atoms with Crippen LogP contribution in [0.2, 0.25) is 0 Å². The van der Waals surface area contributed by atoms with Crippen LogP contribution >= 0.6 is 0 Å². The van der Waals surface area contributed by atoms with E-state index in [-0.39, 0.29) is 12.0 Å². The number of carbonyl (C=O) groups is 1. The molecule has 0 atom stereocenters. The molecule has 1 aromatic heterocycles. The summed E-state index contributed by atoms with van der Waals surface area (Å²) in [5, 5.41) is 31.0. The van der Waals surface area contributed by atoms with E-state index in [1.54, 1.807) is 12.4 Å². The lowest BCUT2D eigenvalue weighted by Crippen LogP contribution is -2.28. The van der Waals surface area contributed by atoms with Crippen LogP contribution in [0.1, 0.15) is 37.8 Å². The number of rotatable bonds is 10. The van der Waals surface area contributed by atoms with E-state index >= 15 is 0 Å². The van der Waals surface area contributed by atoms with E-state index in [1.807, 2.05) is 73.4 Å². The zero-order chi connectivity index (χ0) is 22.6. The second kappa shape index (κ2) is 11.8. The Morgan fingerprint density at radius 1 is 1.16 bits per heavy atom. The van der Waals surface area contributed by atoms with Gasteiger partial charge in [-0.1, -0.05) is 24.3 Å². The maximum absolute atomic E-state index is 11.0. The number of carboxylic acid groups (broad SMARTS) is 1. The maximum Gasteiger partial charge on any atom is 0.303 e. The van der Waals surface area contributed by atoms with E-state index in [9.17, 15) is 15.3 Å². The number of pyridine rings is 1. The first-order chi connectivity index (χ1) is 15.0. The van der Waals surface area contributed by atoms with Gasteiger partial charge < -0.3 is 15.3 Å². The molecule has 31 heavy (non-hydrogen) atoms. The number of anilines is 1. The normalized spacial score (nSPS) is 10.5. The molecule has 2 rings (SSSR count). The average molecular weight is 415 g/mol. The number of aromatic nitrogens is 1. The molecule has 0 spiro atoms. The number of allylic oxidation sites excluding steroid dienone is 2. The minimum Gasteiger partial charge on any atom is -0.481 e. The summed E-state index contributed by atoms with van der Waals surface area (Å²) in [6.45, 7) is 5.20. The third-order valence-electron chi connectivity index (χ3n) is 4.66. The summed E-state index contributed by atoms with van der Waals surface area (Å²) in [6.07, 6.45) is 5.72. The molecule has 0 aliphatic rings. The first-order valence-corrected chi connectivity index (χ1v) is 10.0. The number of carboxylic acids is 1. The van der Waals surface area contributed by atoms with Gasteiger partial charge in [-0.05, 0) is 49.6 Å². The van der Waals surface area contributed by atoms with Gasteiger partial charge in [0.2, 0.25) is 0 Å². The Morgan fingerprint density at radius 2 is 1.87 bits per heavy atom. The van der Waals surface area contributed by atoms with Crippen molar-refractivity contribution in [2.24, 2.45) is 0 Å². The van der Waals surface area contributed by atoms with Gasteiger partial charge in [0.25, 0.3) is 0 Å². The van der Waals surface area contributed by atoms with Crippen LogP contribution in [0.15, 0.2) is 66.3 Å². The van der Waals surface area contributed by atoms with Crippen LogP contribution in [0.3, 0.4) is 0 Å². The highest BCUT2D eigenvalue weighted by molar-refractivity contribution is 5.81. The van der Waals surface area contributed by atoms with Gasteiger partial charge in [0.05, 0.1) is 0 Å². The van der Waals surface area contributed by atoms with E-state index in [2.05, 4.69) is 10.3 Å². The van der Waals surface area contributed by atoms with Crippen LogP contribution in [0, 0.1) is 22.7 Å². The Bertz CT molecular complexity index is 1030. The Morgan fingerprint density at radius 3 is 2.45 bits per heavy atom. The molecule has 0 fully saturated rings. The summed E-state index contributed by atoms with van der Waals surface area (Å²) >= 11 is 0. The fraction of sp³-hybridized carbons (Fsp3) is 0.250. The van der Waals surface area contributed by atoms with E-state index in [1.165, 1.54) is 0 Å².